The normalized spacial score (nSPS) is 10.0. The molecule has 1 N–H and O–H groups in total. The Balaban J connectivity index is 2.14. The predicted octanol–water partition coefficient (Wildman–Crippen LogP) is 4.38. The van der Waals surface area contributed by atoms with Crippen LogP contribution in [0.4, 0.5) is 10.1 Å². The van der Waals surface area contributed by atoms with Gasteiger partial charge in [0.2, 0.25) is 0 Å². The summed E-state index contributed by atoms with van der Waals surface area (Å²) in [5.41, 5.74) is 2.95. The largest absolute Gasteiger partial charge is 0.380 e. The molecule has 0 saturated heterocycles. The molecular formula is C15H12BrFN2. The van der Waals surface area contributed by atoms with Crippen LogP contribution in [-0.4, -0.2) is 0 Å². The van der Waals surface area contributed by atoms with Gasteiger partial charge in [-0.25, -0.2) is 4.39 Å². The molecule has 0 atom stereocenters. The number of benzene rings is 2. The molecule has 0 unspecified atom stereocenters. The first-order valence-electron chi connectivity index (χ1n) is 5.78. The Morgan fingerprint density at radius 3 is 2.74 bits per heavy atom. The molecule has 0 aliphatic rings. The highest BCUT2D eigenvalue weighted by atomic mass is 79.9. The third-order valence-corrected chi connectivity index (χ3v) is 3.30. The van der Waals surface area contributed by atoms with Crippen molar-refractivity contribution in [1.82, 2.24) is 0 Å². The molecule has 0 saturated carbocycles. The maximum Gasteiger partial charge on any atom is 0.126 e. The summed E-state index contributed by atoms with van der Waals surface area (Å²) in [7, 11) is 0. The zero-order chi connectivity index (χ0) is 13.8. The Morgan fingerprint density at radius 1 is 1.26 bits per heavy atom. The van der Waals surface area contributed by atoms with E-state index in [9.17, 15) is 4.39 Å². The fourth-order valence-electron chi connectivity index (χ4n) is 1.78. The van der Waals surface area contributed by atoms with Gasteiger partial charge in [-0.1, -0.05) is 28.1 Å². The van der Waals surface area contributed by atoms with E-state index in [1.807, 2.05) is 12.1 Å². The van der Waals surface area contributed by atoms with Crippen LogP contribution in [-0.2, 0) is 6.54 Å². The summed E-state index contributed by atoms with van der Waals surface area (Å²) < 4.78 is 14.0. The molecule has 0 fully saturated rings. The van der Waals surface area contributed by atoms with Gasteiger partial charge < -0.3 is 5.32 Å². The van der Waals surface area contributed by atoms with E-state index >= 15 is 0 Å². The summed E-state index contributed by atoms with van der Waals surface area (Å²) in [6.07, 6.45) is 0. The van der Waals surface area contributed by atoms with E-state index < -0.39 is 0 Å². The summed E-state index contributed by atoms with van der Waals surface area (Å²) in [5, 5.41) is 12.2. The topological polar surface area (TPSA) is 35.8 Å². The average Bonchev–Trinajstić information content (AvgIpc) is 2.41. The third kappa shape index (κ3) is 3.33. The summed E-state index contributed by atoms with van der Waals surface area (Å²) in [6.45, 7) is 2.29. The number of halogens is 2. The zero-order valence-corrected chi connectivity index (χ0v) is 12.0. The molecule has 0 bridgehead atoms. The van der Waals surface area contributed by atoms with Gasteiger partial charge >= 0.3 is 0 Å². The summed E-state index contributed by atoms with van der Waals surface area (Å²) in [4.78, 5) is 0. The van der Waals surface area contributed by atoms with Gasteiger partial charge in [-0.15, -0.1) is 0 Å². The van der Waals surface area contributed by atoms with E-state index in [-0.39, 0.29) is 5.82 Å². The van der Waals surface area contributed by atoms with Crippen LogP contribution in [0.3, 0.4) is 0 Å². The Hall–Kier alpha value is -1.86. The third-order valence-electron chi connectivity index (χ3n) is 2.81. The van der Waals surface area contributed by atoms with Crippen molar-refractivity contribution in [1.29, 1.82) is 5.26 Å². The van der Waals surface area contributed by atoms with Crippen molar-refractivity contribution in [3.63, 3.8) is 0 Å². The summed E-state index contributed by atoms with van der Waals surface area (Å²) >= 11 is 3.33. The minimum atomic E-state index is -0.204. The summed E-state index contributed by atoms with van der Waals surface area (Å²) in [6, 6.07) is 12.6. The minimum absolute atomic E-state index is 0.204. The van der Waals surface area contributed by atoms with Crippen molar-refractivity contribution in [2.45, 2.75) is 13.5 Å². The van der Waals surface area contributed by atoms with Gasteiger partial charge in [0.25, 0.3) is 0 Å². The van der Waals surface area contributed by atoms with Crippen molar-refractivity contribution in [2.75, 3.05) is 5.32 Å². The Bertz CT molecular complexity index is 647. The van der Waals surface area contributed by atoms with Crippen molar-refractivity contribution < 1.29 is 4.39 Å². The van der Waals surface area contributed by atoms with Crippen LogP contribution in [0, 0.1) is 24.1 Å². The second-order valence-electron chi connectivity index (χ2n) is 4.24. The number of aryl methyl sites for hydroxylation is 1. The first-order valence-corrected chi connectivity index (χ1v) is 6.58. The van der Waals surface area contributed by atoms with Crippen LogP contribution < -0.4 is 5.32 Å². The number of anilines is 1. The van der Waals surface area contributed by atoms with Crippen LogP contribution in [0.25, 0.3) is 0 Å². The maximum absolute atomic E-state index is 13.2. The monoisotopic (exact) mass is 318 g/mol. The number of nitriles is 1. The van der Waals surface area contributed by atoms with Crippen LogP contribution >= 0.6 is 15.9 Å². The van der Waals surface area contributed by atoms with Gasteiger partial charge in [-0.2, -0.15) is 5.26 Å². The number of hydrogen-bond donors (Lipinski definition) is 1. The standard InChI is InChI=1S/C15H12BrFN2/c1-10-6-11(2-4-14(10)17)9-19-15-5-3-13(16)7-12(15)8-18/h2-7,19H,9H2,1H3. The lowest BCUT2D eigenvalue weighted by Crippen LogP contribution is -2.02. The van der Waals surface area contributed by atoms with E-state index in [0.717, 1.165) is 15.7 Å². The predicted molar refractivity (Wildman–Crippen MR) is 77.3 cm³/mol. The molecule has 0 amide bonds. The molecule has 2 aromatic rings. The maximum atomic E-state index is 13.2. The highest BCUT2D eigenvalue weighted by Crippen LogP contribution is 2.21. The van der Waals surface area contributed by atoms with E-state index in [0.29, 0.717) is 17.7 Å². The van der Waals surface area contributed by atoms with Gasteiger partial charge in [0.15, 0.2) is 0 Å². The first-order chi connectivity index (χ1) is 9.10. The lowest BCUT2D eigenvalue weighted by atomic mass is 10.1. The Labute approximate surface area is 120 Å². The lowest BCUT2D eigenvalue weighted by molar-refractivity contribution is 0.617. The molecule has 19 heavy (non-hydrogen) atoms. The Morgan fingerprint density at radius 2 is 2.05 bits per heavy atom. The van der Waals surface area contributed by atoms with E-state index in [2.05, 4.69) is 27.3 Å². The molecule has 0 spiro atoms. The van der Waals surface area contributed by atoms with Gasteiger partial charge in [0.05, 0.1) is 11.3 Å². The number of rotatable bonds is 3. The van der Waals surface area contributed by atoms with Crippen LogP contribution in [0.15, 0.2) is 40.9 Å². The van der Waals surface area contributed by atoms with Gasteiger partial charge in [-0.05, 0) is 42.3 Å². The van der Waals surface area contributed by atoms with Gasteiger partial charge in [0, 0.05) is 11.0 Å². The van der Waals surface area contributed by atoms with Crippen LogP contribution in [0.5, 0.6) is 0 Å². The number of nitrogens with one attached hydrogen (secondary N) is 1. The molecule has 0 aromatic heterocycles. The Kier molecular flexibility index (Phi) is 4.18. The zero-order valence-electron chi connectivity index (χ0n) is 10.4. The molecule has 2 rings (SSSR count). The molecule has 0 aliphatic carbocycles. The minimum Gasteiger partial charge on any atom is -0.380 e. The molecule has 4 heteroatoms. The molecule has 2 aromatic carbocycles. The quantitative estimate of drug-likeness (QED) is 0.911. The van der Waals surface area contributed by atoms with Crippen LogP contribution in [0.2, 0.25) is 0 Å². The van der Waals surface area contributed by atoms with Crippen molar-refractivity contribution in [2.24, 2.45) is 0 Å². The molecular weight excluding hydrogens is 307 g/mol. The van der Waals surface area contributed by atoms with Gasteiger partial charge in [-0.3, -0.25) is 0 Å². The second-order valence-corrected chi connectivity index (χ2v) is 5.15. The van der Waals surface area contributed by atoms with Crippen molar-refractivity contribution in [3.05, 3.63) is 63.4 Å². The molecule has 0 heterocycles. The highest BCUT2D eigenvalue weighted by Gasteiger charge is 2.03. The highest BCUT2D eigenvalue weighted by molar-refractivity contribution is 9.10. The van der Waals surface area contributed by atoms with E-state index in [4.69, 9.17) is 5.26 Å². The molecule has 96 valence electrons. The molecule has 2 nitrogen and oxygen atoms in total. The fourth-order valence-corrected chi connectivity index (χ4v) is 2.14. The van der Waals surface area contributed by atoms with Crippen LogP contribution in [0.1, 0.15) is 16.7 Å². The fraction of sp³-hybridized carbons (Fsp3) is 0.133. The number of hydrogen-bond acceptors (Lipinski definition) is 2. The molecule has 0 radical (unpaired) electrons. The molecule has 0 aliphatic heterocycles. The lowest BCUT2D eigenvalue weighted by Gasteiger charge is -2.09. The van der Waals surface area contributed by atoms with E-state index in [1.54, 1.807) is 25.1 Å². The summed E-state index contributed by atoms with van der Waals surface area (Å²) in [5.74, 6) is -0.204. The SMILES string of the molecule is Cc1cc(CNc2ccc(Br)cc2C#N)ccc1F. The average molecular weight is 319 g/mol. The second kappa shape index (κ2) is 5.85. The van der Waals surface area contributed by atoms with Gasteiger partial charge in [0.1, 0.15) is 11.9 Å². The van der Waals surface area contributed by atoms with Crippen molar-refractivity contribution >= 4 is 21.6 Å². The van der Waals surface area contributed by atoms with Crippen molar-refractivity contribution in [3.8, 4) is 6.07 Å². The van der Waals surface area contributed by atoms with E-state index in [1.165, 1.54) is 6.07 Å². The first kappa shape index (κ1) is 13.6. The smallest absolute Gasteiger partial charge is 0.126 e. The number of nitrogens with zero attached hydrogens (tertiary/aromatic N) is 1.